The molecule has 6 heteroatoms. The van der Waals surface area contributed by atoms with Crippen LogP contribution in [0.3, 0.4) is 0 Å². The van der Waals surface area contributed by atoms with Crippen LogP contribution in [-0.2, 0) is 19.4 Å². The first-order valence-corrected chi connectivity index (χ1v) is 8.77. The van der Waals surface area contributed by atoms with Gasteiger partial charge in [0.05, 0.1) is 17.0 Å². The van der Waals surface area contributed by atoms with E-state index in [1.807, 2.05) is 18.2 Å². The second-order valence-electron chi connectivity index (χ2n) is 6.94. The molecule has 3 aromatic rings. The number of aliphatic hydroxyl groups is 1. The summed E-state index contributed by atoms with van der Waals surface area (Å²) in [7, 11) is 0. The number of carboxylic acid groups (broad SMARTS) is 1. The van der Waals surface area contributed by atoms with E-state index in [2.05, 4.69) is 0 Å². The largest absolute Gasteiger partial charge is 0.477 e. The van der Waals surface area contributed by atoms with Crippen molar-refractivity contribution in [1.29, 1.82) is 0 Å². The van der Waals surface area contributed by atoms with Crippen molar-refractivity contribution in [3.63, 3.8) is 0 Å². The normalized spacial score (nSPS) is 16.3. The summed E-state index contributed by atoms with van der Waals surface area (Å²) in [6, 6.07) is 10.2. The minimum atomic E-state index is -1.38. The van der Waals surface area contributed by atoms with Gasteiger partial charge in [-0.25, -0.2) is 9.18 Å². The van der Waals surface area contributed by atoms with Gasteiger partial charge in [0.15, 0.2) is 0 Å². The highest BCUT2D eigenvalue weighted by atomic mass is 19.1. The molecule has 2 aromatic carbocycles. The predicted molar refractivity (Wildman–Crippen MR) is 98.7 cm³/mol. The van der Waals surface area contributed by atoms with Crippen molar-refractivity contribution in [1.82, 2.24) is 4.57 Å². The minimum absolute atomic E-state index is 0.217. The van der Waals surface area contributed by atoms with Crippen LogP contribution in [0.2, 0.25) is 0 Å². The van der Waals surface area contributed by atoms with Crippen molar-refractivity contribution in [2.24, 2.45) is 0 Å². The number of halogens is 1. The molecule has 138 valence electrons. The molecule has 5 nitrogen and oxygen atoms in total. The second-order valence-corrected chi connectivity index (χ2v) is 6.94. The van der Waals surface area contributed by atoms with Crippen LogP contribution in [0.4, 0.5) is 4.39 Å². The standard InChI is InChI=1S/C21H18FNO4/c22-17-2-1-3-18-19(17)20(25)16(21(26)27)11-23(18)10-12-4-5-13-6-7-15(24)9-14(13)8-12/h1-5,8,11,15,24H,6-7,9-10H2,(H,26,27). The van der Waals surface area contributed by atoms with Gasteiger partial charge < -0.3 is 14.8 Å². The molecule has 0 aliphatic heterocycles. The summed E-state index contributed by atoms with van der Waals surface area (Å²) in [5, 5.41) is 19.0. The summed E-state index contributed by atoms with van der Waals surface area (Å²) in [4.78, 5) is 23.8. The number of hydrogen-bond acceptors (Lipinski definition) is 3. The molecule has 1 unspecified atom stereocenters. The van der Waals surface area contributed by atoms with Gasteiger partial charge in [-0.1, -0.05) is 24.3 Å². The Balaban J connectivity index is 1.84. The fraction of sp³-hybridized carbons (Fsp3) is 0.238. The lowest BCUT2D eigenvalue weighted by molar-refractivity contribution is 0.0695. The Morgan fingerprint density at radius 2 is 2.04 bits per heavy atom. The monoisotopic (exact) mass is 367 g/mol. The van der Waals surface area contributed by atoms with Crippen LogP contribution in [0.1, 0.15) is 33.5 Å². The number of carboxylic acids is 1. The first-order chi connectivity index (χ1) is 12.9. The Morgan fingerprint density at radius 1 is 1.22 bits per heavy atom. The van der Waals surface area contributed by atoms with Gasteiger partial charge in [0.1, 0.15) is 11.4 Å². The zero-order chi connectivity index (χ0) is 19.1. The van der Waals surface area contributed by atoms with E-state index >= 15 is 0 Å². The Labute approximate surface area is 154 Å². The number of fused-ring (bicyclic) bond motifs is 2. The van der Waals surface area contributed by atoms with E-state index in [1.54, 1.807) is 10.6 Å². The van der Waals surface area contributed by atoms with Crippen molar-refractivity contribution in [2.45, 2.75) is 31.9 Å². The van der Waals surface area contributed by atoms with Crippen molar-refractivity contribution >= 4 is 16.9 Å². The molecule has 27 heavy (non-hydrogen) atoms. The van der Waals surface area contributed by atoms with Gasteiger partial charge >= 0.3 is 5.97 Å². The maximum Gasteiger partial charge on any atom is 0.341 e. The van der Waals surface area contributed by atoms with Gasteiger partial charge in [-0.15, -0.1) is 0 Å². The van der Waals surface area contributed by atoms with Gasteiger partial charge in [0, 0.05) is 12.7 Å². The van der Waals surface area contributed by atoms with Crippen LogP contribution in [-0.4, -0.2) is 26.9 Å². The van der Waals surface area contributed by atoms with E-state index in [0.717, 1.165) is 30.0 Å². The number of aryl methyl sites for hydroxylation is 1. The summed E-state index contributed by atoms with van der Waals surface area (Å²) in [6.45, 7) is 0.296. The molecule has 0 saturated carbocycles. The van der Waals surface area contributed by atoms with Crippen LogP contribution in [0.25, 0.3) is 10.9 Å². The Morgan fingerprint density at radius 3 is 2.81 bits per heavy atom. The average Bonchev–Trinajstić information content (AvgIpc) is 2.63. The molecule has 4 rings (SSSR count). The predicted octanol–water partition coefficient (Wildman–Crippen LogP) is 2.74. The highest BCUT2D eigenvalue weighted by Crippen LogP contribution is 2.24. The van der Waals surface area contributed by atoms with E-state index < -0.39 is 22.8 Å². The SMILES string of the molecule is O=C(O)c1cn(Cc2ccc3c(c2)CC(O)CC3)c2cccc(F)c2c1=O. The lowest BCUT2D eigenvalue weighted by Gasteiger charge is -2.21. The maximum atomic E-state index is 14.2. The molecule has 1 atom stereocenters. The van der Waals surface area contributed by atoms with Crippen molar-refractivity contribution in [2.75, 3.05) is 0 Å². The molecular formula is C21H18FNO4. The van der Waals surface area contributed by atoms with E-state index in [9.17, 15) is 24.2 Å². The number of aromatic carboxylic acids is 1. The zero-order valence-electron chi connectivity index (χ0n) is 14.5. The first-order valence-electron chi connectivity index (χ1n) is 8.77. The van der Waals surface area contributed by atoms with Crippen LogP contribution in [0.5, 0.6) is 0 Å². The molecular weight excluding hydrogens is 349 g/mol. The number of hydrogen-bond donors (Lipinski definition) is 2. The maximum absolute atomic E-state index is 14.2. The highest BCUT2D eigenvalue weighted by Gasteiger charge is 2.19. The summed E-state index contributed by atoms with van der Waals surface area (Å²) < 4.78 is 15.8. The van der Waals surface area contributed by atoms with Crippen LogP contribution >= 0.6 is 0 Å². The van der Waals surface area contributed by atoms with E-state index in [-0.39, 0.29) is 11.5 Å². The van der Waals surface area contributed by atoms with E-state index in [4.69, 9.17) is 0 Å². The smallest absolute Gasteiger partial charge is 0.341 e. The molecule has 0 amide bonds. The van der Waals surface area contributed by atoms with Gasteiger partial charge in [0.25, 0.3) is 0 Å². The fourth-order valence-electron chi connectivity index (χ4n) is 3.76. The summed E-state index contributed by atoms with van der Waals surface area (Å²) in [5.74, 6) is -2.12. The van der Waals surface area contributed by atoms with Crippen molar-refractivity contribution < 1.29 is 19.4 Å². The Bertz CT molecular complexity index is 1120. The molecule has 0 saturated heterocycles. The van der Waals surface area contributed by atoms with Gasteiger partial charge in [-0.2, -0.15) is 0 Å². The van der Waals surface area contributed by atoms with Crippen LogP contribution < -0.4 is 5.43 Å². The Hall–Kier alpha value is -2.99. The summed E-state index contributed by atoms with van der Waals surface area (Å²) in [5.41, 5.74) is 2.24. The Kier molecular flexibility index (Phi) is 4.28. The molecule has 0 bridgehead atoms. The molecule has 0 fully saturated rings. The van der Waals surface area contributed by atoms with E-state index in [1.165, 1.54) is 17.8 Å². The zero-order valence-corrected chi connectivity index (χ0v) is 14.5. The van der Waals surface area contributed by atoms with Crippen LogP contribution in [0, 0.1) is 5.82 Å². The second kappa shape index (κ2) is 6.63. The topological polar surface area (TPSA) is 79.5 Å². The number of rotatable bonds is 3. The van der Waals surface area contributed by atoms with E-state index in [0.29, 0.717) is 18.5 Å². The third-order valence-corrected chi connectivity index (χ3v) is 5.11. The van der Waals surface area contributed by atoms with Gasteiger partial charge in [-0.3, -0.25) is 4.79 Å². The molecule has 1 aromatic heterocycles. The third kappa shape index (κ3) is 3.13. The number of benzene rings is 2. The molecule has 1 aliphatic carbocycles. The number of aliphatic hydroxyl groups excluding tert-OH is 1. The van der Waals surface area contributed by atoms with Crippen LogP contribution in [0.15, 0.2) is 47.4 Å². The molecule has 1 heterocycles. The lowest BCUT2D eigenvalue weighted by Crippen LogP contribution is -2.21. The average molecular weight is 367 g/mol. The van der Waals surface area contributed by atoms with Crippen molar-refractivity contribution in [3.05, 3.63) is 80.9 Å². The third-order valence-electron chi connectivity index (χ3n) is 5.11. The molecule has 1 aliphatic rings. The summed E-state index contributed by atoms with van der Waals surface area (Å²) >= 11 is 0. The van der Waals surface area contributed by atoms with Gasteiger partial charge in [0.2, 0.25) is 5.43 Å². The molecule has 0 radical (unpaired) electrons. The summed E-state index contributed by atoms with van der Waals surface area (Å²) in [6.07, 6.45) is 3.07. The highest BCUT2D eigenvalue weighted by molar-refractivity contribution is 5.92. The first kappa shape index (κ1) is 17.4. The quantitative estimate of drug-likeness (QED) is 0.746. The lowest BCUT2D eigenvalue weighted by atomic mass is 9.88. The van der Waals surface area contributed by atoms with Crippen molar-refractivity contribution in [3.8, 4) is 0 Å². The number of nitrogens with zero attached hydrogens (tertiary/aromatic N) is 1. The fourth-order valence-corrected chi connectivity index (χ4v) is 3.76. The number of carbonyl (C=O) groups is 1. The molecule has 0 spiro atoms. The molecule has 2 N–H and O–H groups in total. The minimum Gasteiger partial charge on any atom is -0.477 e. The van der Waals surface area contributed by atoms with Gasteiger partial charge in [-0.05, 0) is 48.1 Å². The number of pyridine rings is 1. The number of aromatic nitrogens is 1.